The fourth-order valence-electron chi connectivity index (χ4n) is 4.55. The third-order valence-corrected chi connectivity index (χ3v) is 6.39. The first-order valence-corrected chi connectivity index (χ1v) is 11.4. The molecule has 1 aromatic heterocycles. The Balaban J connectivity index is 1.40. The lowest BCUT2D eigenvalue weighted by molar-refractivity contribution is -0.127. The van der Waals surface area contributed by atoms with E-state index in [-0.39, 0.29) is 5.91 Å². The molecule has 2 aromatic rings. The van der Waals surface area contributed by atoms with Crippen molar-refractivity contribution in [1.82, 2.24) is 20.1 Å². The lowest BCUT2D eigenvalue weighted by Crippen LogP contribution is -2.41. The average molecular weight is 435 g/mol. The summed E-state index contributed by atoms with van der Waals surface area (Å²) in [6.45, 7) is 5.62. The molecule has 0 bridgehead atoms. The van der Waals surface area contributed by atoms with Crippen molar-refractivity contribution < 1.29 is 14.4 Å². The minimum absolute atomic E-state index is 0.0324. The molecule has 2 amide bonds. The van der Waals surface area contributed by atoms with Gasteiger partial charge in [0.2, 0.25) is 11.7 Å². The van der Waals surface area contributed by atoms with Crippen molar-refractivity contribution in [3.63, 3.8) is 0 Å². The lowest BCUT2D eigenvalue weighted by atomic mass is 9.94. The molecule has 32 heavy (non-hydrogen) atoms. The van der Waals surface area contributed by atoms with Crippen LogP contribution in [0.1, 0.15) is 52.0 Å². The summed E-state index contributed by atoms with van der Waals surface area (Å²) in [5.41, 5.74) is 4.39. The number of nitrogens with one attached hydrogen (secondary N) is 1. The van der Waals surface area contributed by atoms with E-state index in [4.69, 9.17) is 0 Å². The van der Waals surface area contributed by atoms with Gasteiger partial charge in [0, 0.05) is 37.1 Å². The number of amides is 2. The van der Waals surface area contributed by atoms with Gasteiger partial charge >= 0.3 is 0 Å². The Kier molecular flexibility index (Phi) is 6.95. The molecule has 1 saturated heterocycles. The highest BCUT2D eigenvalue weighted by molar-refractivity contribution is 6.42. The number of ketones is 1. The van der Waals surface area contributed by atoms with Gasteiger partial charge in [-0.15, -0.1) is 0 Å². The molecule has 4 rings (SSSR count). The minimum Gasteiger partial charge on any atom is -0.351 e. The summed E-state index contributed by atoms with van der Waals surface area (Å²) in [7, 11) is 0. The molecule has 0 aliphatic carbocycles. The topological polar surface area (TPSA) is 82.6 Å². The van der Waals surface area contributed by atoms with Crippen LogP contribution >= 0.6 is 0 Å². The van der Waals surface area contributed by atoms with Crippen LogP contribution in [0.3, 0.4) is 0 Å². The van der Waals surface area contributed by atoms with Crippen molar-refractivity contribution in [2.45, 2.75) is 45.7 Å². The number of nitrogens with zero attached hydrogens (tertiary/aromatic N) is 3. The molecule has 0 unspecified atom stereocenters. The Morgan fingerprint density at radius 2 is 1.78 bits per heavy atom. The van der Waals surface area contributed by atoms with Crippen molar-refractivity contribution in [3.8, 4) is 0 Å². The number of aryl methyl sites for hydroxylation is 1. The third kappa shape index (κ3) is 5.05. The first-order chi connectivity index (χ1) is 15.5. The number of pyridine rings is 1. The van der Waals surface area contributed by atoms with Gasteiger partial charge in [0.25, 0.3) is 5.91 Å². The van der Waals surface area contributed by atoms with Crippen molar-refractivity contribution in [2.75, 3.05) is 26.2 Å². The number of carbonyl (C=O) groups is 3. The predicted octanol–water partition coefficient (Wildman–Crippen LogP) is 2.26. The van der Waals surface area contributed by atoms with Crippen molar-refractivity contribution >= 4 is 17.6 Å². The van der Waals surface area contributed by atoms with Crippen LogP contribution in [-0.2, 0) is 29.1 Å². The summed E-state index contributed by atoms with van der Waals surface area (Å²) in [5.74, 6) is -0.942. The maximum absolute atomic E-state index is 12.8. The van der Waals surface area contributed by atoms with Crippen molar-refractivity contribution in [2.24, 2.45) is 0 Å². The largest absolute Gasteiger partial charge is 0.351 e. The summed E-state index contributed by atoms with van der Waals surface area (Å²) < 4.78 is 0. The molecule has 2 aliphatic rings. The summed E-state index contributed by atoms with van der Waals surface area (Å²) in [4.78, 5) is 46.1. The number of fused-ring (bicyclic) bond motifs is 1. The molecule has 7 heteroatoms. The lowest BCUT2D eigenvalue weighted by Gasteiger charge is -2.30. The number of Topliss-reactive ketones (excluding diaryl/α,β-unsaturated/α-hetero) is 1. The number of rotatable bonds is 6. The summed E-state index contributed by atoms with van der Waals surface area (Å²) >= 11 is 0. The van der Waals surface area contributed by atoms with Crippen LogP contribution in [0.15, 0.2) is 36.5 Å². The van der Waals surface area contributed by atoms with Gasteiger partial charge in [-0.1, -0.05) is 36.8 Å². The van der Waals surface area contributed by atoms with Gasteiger partial charge in [-0.25, -0.2) is 0 Å². The normalized spacial score (nSPS) is 16.3. The van der Waals surface area contributed by atoms with Crippen LogP contribution in [0.5, 0.6) is 0 Å². The summed E-state index contributed by atoms with van der Waals surface area (Å²) in [6.07, 6.45) is 5.99. The molecule has 1 N–H and O–H groups in total. The molecule has 0 saturated carbocycles. The number of hydrogen-bond donors (Lipinski definition) is 1. The van der Waals surface area contributed by atoms with E-state index >= 15 is 0 Å². The smallest absolute Gasteiger partial charge is 0.295 e. The molecular weight excluding hydrogens is 404 g/mol. The van der Waals surface area contributed by atoms with Gasteiger partial charge in [0.15, 0.2) is 0 Å². The summed E-state index contributed by atoms with van der Waals surface area (Å²) in [5, 5.41) is 3.06. The Morgan fingerprint density at radius 1 is 1.03 bits per heavy atom. The zero-order valence-electron chi connectivity index (χ0n) is 18.6. The maximum atomic E-state index is 12.8. The highest BCUT2D eigenvalue weighted by atomic mass is 16.2. The van der Waals surface area contributed by atoms with Crippen molar-refractivity contribution in [3.05, 3.63) is 64.5 Å². The molecule has 0 radical (unpaired) electrons. The van der Waals surface area contributed by atoms with E-state index in [1.165, 1.54) is 6.42 Å². The zero-order chi connectivity index (χ0) is 22.5. The second-order valence-corrected chi connectivity index (χ2v) is 8.61. The molecule has 7 nitrogen and oxygen atoms in total. The van der Waals surface area contributed by atoms with Gasteiger partial charge in [-0.3, -0.25) is 24.3 Å². The molecular formula is C25H30N4O3. The number of benzene rings is 1. The third-order valence-electron chi connectivity index (χ3n) is 6.39. The van der Waals surface area contributed by atoms with Crippen LogP contribution < -0.4 is 5.32 Å². The molecule has 0 atom stereocenters. The van der Waals surface area contributed by atoms with Crippen molar-refractivity contribution in [1.29, 1.82) is 0 Å². The van der Waals surface area contributed by atoms with Crippen LogP contribution in [0.2, 0.25) is 0 Å². The second kappa shape index (κ2) is 10.0. The highest BCUT2D eigenvalue weighted by Gasteiger charge is 2.28. The number of hydrogen-bond acceptors (Lipinski definition) is 5. The first kappa shape index (κ1) is 22.1. The van der Waals surface area contributed by atoms with Gasteiger partial charge in [0.05, 0.1) is 6.54 Å². The first-order valence-electron chi connectivity index (χ1n) is 11.4. The molecule has 3 heterocycles. The van der Waals surface area contributed by atoms with E-state index in [9.17, 15) is 14.4 Å². The Bertz CT molecular complexity index is 1000. The van der Waals surface area contributed by atoms with E-state index in [0.717, 1.165) is 48.3 Å². The van der Waals surface area contributed by atoms with E-state index in [1.807, 2.05) is 13.0 Å². The number of carbonyl (C=O) groups excluding carboxylic acids is 3. The van der Waals surface area contributed by atoms with Crippen LogP contribution in [0.4, 0.5) is 0 Å². The minimum atomic E-state index is -0.487. The SMILES string of the molecule is Cc1ncc2c(c1CNC(=O)CN1CCCCC1)CCN(C(=O)C(=O)c1ccccc1)C2. The van der Waals surface area contributed by atoms with Gasteiger partial charge in [-0.2, -0.15) is 0 Å². The molecule has 2 aliphatic heterocycles. The van der Waals surface area contributed by atoms with Crippen LogP contribution in [-0.4, -0.2) is 58.6 Å². The standard InChI is InChI=1S/C25H30N4O3/c1-18-22(15-27-23(30)17-28-11-6-3-7-12-28)21-10-13-29(16-20(21)14-26-18)25(32)24(31)19-8-4-2-5-9-19/h2,4-5,8-9,14H,3,6-7,10-13,15-17H2,1H3,(H,27,30). The van der Waals surface area contributed by atoms with Gasteiger partial charge < -0.3 is 10.2 Å². The van der Waals surface area contributed by atoms with Gasteiger partial charge in [0.1, 0.15) is 0 Å². The fraction of sp³-hybridized carbons (Fsp3) is 0.440. The molecule has 168 valence electrons. The Hall–Kier alpha value is -3.06. The molecule has 1 fully saturated rings. The van der Waals surface area contributed by atoms with E-state index < -0.39 is 11.7 Å². The molecule has 0 spiro atoms. The monoisotopic (exact) mass is 434 g/mol. The number of likely N-dealkylation sites (tertiary alicyclic amines) is 1. The fourth-order valence-corrected chi connectivity index (χ4v) is 4.55. The van der Waals surface area contributed by atoms with Crippen LogP contribution in [0, 0.1) is 6.92 Å². The maximum Gasteiger partial charge on any atom is 0.295 e. The van der Waals surface area contributed by atoms with E-state index in [1.54, 1.807) is 35.4 Å². The Morgan fingerprint density at radius 3 is 2.53 bits per heavy atom. The second-order valence-electron chi connectivity index (χ2n) is 8.61. The predicted molar refractivity (Wildman–Crippen MR) is 121 cm³/mol. The van der Waals surface area contributed by atoms with E-state index in [2.05, 4.69) is 15.2 Å². The molecule has 1 aromatic carbocycles. The zero-order valence-corrected chi connectivity index (χ0v) is 18.6. The quantitative estimate of drug-likeness (QED) is 0.557. The van der Waals surface area contributed by atoms with Gasteiger partial charge in [-0.05, 0) is 56.0 Å². The summed E-state index contributed by atoms with van der Waals surface area (Å²) in [6, 6.07) is 8.65. The van der Waals surface area contributed by atoms with Crippen LogP contribution in [0.25, 0.3) is 0 Å². The Labute approximate surface area is 188 Å². The number of aromatic nitrogens is 1. The number of piperidine rings is 1. The average Bonchev–Trinajstić information content (AvgIpc) is 2.83. The highest BCUT2D eigenvalue weighted by Crippen LogP contribution is 2.24. The van der Waals surface area contributed by atoms with E-state index in [0.29, 0.717) is 38.2 Å².